The number of anilines is 1. The highest BCUT2D eigenvalue weighted by Crippen LogP contribution is 2.22. The molecule has 2 amide bonds. The summed E-state index contributed by atoms with van der Waals surface area (Å²) in [4.78, 5) is 33.7. The van der Waals surface area contributed by atoms with Crippen molar-refractivity contribution in [2.75, 3.05) is 19.0 Å². The quantitative estimate of drug-likeness (QED) is 0.555. The van der Waals surface area contributed by atoms with Crippen LogP contribution in [0, 0.1) is 0 Å². The fourth-order valence-electron chi connectivity index (χ4n) is 1.65. The Bertz CT molecular complexity index is 500. The molecule has 0 spiro atoms. The summed E-state index contributed by atoms with van der Waals surface area (Å²) in [7, 11) is 1.50. The van der Waals surface area contributed by atoms with Crippen LogP contribution in [0.1, 0.15) is 30.1 Å². The smallest absolute Gasteiger partial charge is 0.219 e. The molecule has 1 rings (SSSR count). The lowest BCUT2D eigenvalue weighted by Crippen LogP contribution is -2.25. The van der Waals surface area contributed by atoms with Crippen LogP contribution in [0.4, 0.5) is 5.69 Å². The third kappa shape index (κ3) is 4.38. The van der Waals surface area contributed by atoms with Gasteiger partial charge in [-0.2, -0.15) is 0 Å². The highest BCUT2D eigenvalue weighted by molar-refractivity contribution is 6.03. The third-order valence-corrected chi connectivity index (χ3v) is 2.74. The average Bonchev–Trinajstić information content (AvgIpc) is 2.47. The number of nitrogens with one attached hydrogen (secondary N) is 2. The molecule has 0 fully saturated rings. The van der Waals surface area contributed by atoms with Crippen molar-refractivity contribution in [3.05, 3.63) is 23.8 Å². The number of rotatable bonds is 8. The van der Waals surface area contributed by atoms with Gasteiger partial charge in [0.2, 0.25) is 12.3 Å². The summed E-state index contributed by atoms with van der Waals surface area (Å²) in [5.41, 5.74) is 0.787. The number of hydrogen-bond acceptors (Lipinski definition) is 4. The van der Waals surface area contributed by atoms with Crippen molar-refractivity contribution < 1.29 is 19.1 Å². The summed E-state index contributed by atoms with van der Waals surface area (Å²) in [6.45, 7) is 2.01. The molecule has 0 radical (unpaired) electrons. The zero-order valence-electron chi connectivity index (χ0n) is 11.6. The Kier molecular flexibility index (Phi) is 6.22. The first-order valence-corrected chi connectivity index (χ1v) is 6.30. The van der Waals surface area contributed by atoms with E-state index in [0.29, 0.717) is 29.8 Å². The molecule has 1 aromatic carbocycles. The minimum absolute atomic E-state index is 0.102. The third-order valence-electron chi connectivity index (χ3n) is 2.74. The van der Waals surface area contributed by atoms with Gasteiger partial charge in [-0.25, -0.2) is 0 Å². The molecule has 0 aliphatic heterocycles. The fraction of sp³-hybridized carbons (Fsp3) is 0.357. The van der Waals surface area contributed by atoms with Gasteiger partial charge in [-0.15, -0.1) is 0 Å². The first-order valence-electron chi connectivity index (χ1n) is 6.30. The van der Waals surface area contributed by atoms with E-state index in [4.69, 9.17) is 4.74 Å². The molecule has 1 aromatic rings. The number of ether oxygens (including phenoxy) is 1. The van der Waals surface area contributed by atoms with Crippen molar-refractivity contribution in [3.8, 4) is 5.75 Å². The van der Waals surface area contributed by atoms with E-state index in [2.05, 4.69) is 10.6 Å². The van der Waals surface area contributed by atoms with Crippen LogP contribution in [0.15, 0.2) is 18.2 Å². The van der Waals surface area contributed by atoms with Crippen molar-refractivity contribution in [2.24, 2.45) is 0 Å². The summed E-state index contributed by atoms with van der Waals surface area (Å²) in [5, 5.41) is 5.11. The molecule has 0 aliphatic carbocycles. The Morgan fingerprint density at radius 1 is 1.35 bits per heavy atom. The number of methoxy groups -OCH3 is 1. The first kappa shape index (κ1) is 15.7. The molecule has 6 nitrogen and oxygen atoms in total. The van der Waals surface area contributed by atoms with E-state index in [9.17, 15) is 14.4 Å². The van der Waals surface area contributed by atoms with Crippen LogP contribution in [-0.4, -0.2) is 31.8 Å². The van der Waals surface area contributed by atoms with Crippen LogP contribution in [-0.2, 0) is 9.59 Å². The van der Waals surface area contributed by atoms with Gasteiger partial charge in [0.15, 0.2) is 5.78 Å². The summed E-state index contributed by atoms with van der Waals surface area (Å²) in [6.07, 6.45) is 1.05. The Hall–Kier alpha value is -2.37. The van der Waals surface area contributed by atoms with Gasteiger partial charge in [-0.05, 0) is 18.2 Å². The molecule has 0 bridgehead atoms. The Morgan fingerprint density at radius 3 is 2.70 bits per heavy atom. The maximum atomic E-state index is 12.1. The molecule has 0 heterocycles. The van der Waals surface area contributed by atoms with Crippen molar-refractivity contribution in [3.63, 3.8) is 0 Å². The highest BCUT2D eigenvalue weighted by Gasteiger charge is 2.13. The van der Waals surface area contributed by atoms with Crippen molar-refractivity contribution in [1.29, 1.82) is 0 Å². The van der Waals surface area contributed by atoms with E-state index in [1.54, 1.807) is 25.1 Å². The Balaban J connectivity index is 2.78. The number of ketones is 1. The van der Waals surface area contributed by atoms with Gasteiger partial charge in [0.1, 0.15) is 5.75 Å². The lowest BCUT2D eigenvalue weighted by atomic mass is 10.1. The van der Waals surface area contributed by atoms with E-state index in [1.807, 2.05) is 0 Å². The Labute approximate surface area is 117 Å². The summed E-state index contributed by atoms with van der Waals surface area (Å²) >= 11 is 0. The van der Waals surface area contributed by atoms with E-state index in [1.165, 1.54) is 7.11 Å². The van der Waals surface area contributed by atoms with Gasteiger partial charge >= 0.3 is 0 Å². The van der Waals surface area contributed by atoms with E-state index in [0.717, 1.165) is 0 Å². The van der Waals surface area contributed by atoms with Crippen LogP contribution in [0.2, 0.25) is 0 Å². The zero-order chi connectivity index (χ0) is 15.0. The minimum Gasteiger partial charge on any atom is -0.497 e. The monoisotopic (exact) mass is 278 g/mol. The molecule has 0 unspecified atom stereocenters. The number of hydrogen-bond donors (Lipinski definition) is 2. The molecular formula is C14H18N2O4. The number of benzene rings is 1. The van der Waals surface area contributed by atoms with Crippen molar-refractivity contribution in [1.82, 2.24) is 5.32 Å². The molecular weight excluding hydrogens is 260 g/mol. The molecule has 20 heavy (non-hydrogen) atoms. The molecule has 0 atom stereocenters. The van der Waals surface area contributed by atoms with Crippen LogP contribution < -0.4 is 15.4 Å². The molecule has 6 heteroatoms. The molecule has 0 saturated heterocycles. The molecule has 2 N–H and O–H groups in total. The van der Waals surface area contributed by atoms with Crippen LogP contribution in [0.25, 0.3) is 0 Å². The number of carbonyl (C=O) groups excluding carboxylic acids is 3. The average molecular weight is 278 g/mol. The summed E-state index contributed by atoms with van der Waals surface area (Å²) < 4.78 is 5.06. The van der Waals surface area contributed by atoms with E-state index < -0.39 is 0 Å². The maximum Gasteiger partial charge on any atom is 0.219 e. The maximum absolute atomic E-state index is 12.1. The topological polar surface area (TPSA) is 84.5 Å². The normalized spacial score (nSPS) is 9.70. The van der Waals surface area contributed by atoms with Crippen molar-refractivity contribution in [2.45, 2.75) is 19.8 Å². The largest absolute Gasteiger partial charge is 0.497 e. The van der Waals surface area contributed by atoms with Gasteiger partial charge in [-0.3, -0.25) is 14.4 Å². The lowest BCUT2D eigenvalue weighted by Gasteiger charge is -2.10. The van der Waals surface area contributed by atoms with Gasteiger partial charge in [0.05, 0.1) is 12.8 Å². The zero-order valence-corrected chi connectivity index (χ0v) is 11.6. The second-order valence-corrected chi connectivity index (χ2v) is 4.05. The molecule has 0 saturated carbocycles. The fourth-order valence-corrected chi connectivity index (χ4v) is 1.65. The summed E-state index contributed by atoms with van der Waals surface area (Å²) in [6, 6.07) is 4.82. The number of carbonyl (C=O) groups is 3. The minimum atomic E-state index is -0.176. The van der Waals surface area contributed by atoms with E-state index >= 15 is 0 Å². The van der Waals surface area contributed by atoms with Gasteiger partial charge in [-0.1, -0.05) is 6.92 Å². The molecule has 0 aliphatic rings. The van der Waals surface area contributed by atoms with Crippen molar-refractivity contribution >= 4 is 23.8 Å². The van der Waals surface area contributed by atoms with E-state index in [-0.39, 0.29) is 24.7 Å². The lowest BCUT2D eigenvalue weighted by molar-refractivity contribution is -0.120. The molecule has 108 valence electrons. The predicted molar refractivity (Wildman–Crippen MR) is 74.9 cm³/mol. The van der Waals surface area contributed by atoms with Gasteiger partial charge in [0.25, 0.3) is 0 Å². The standard InChI is InChI=1S/C14H18N2O4/c1-3-14(19)15-7-6-13(18)11-8-10(20-2)4-5-12(11)16-9-17/h4-5,8-9H,3,6-7H2,1-2H3,(H,15,19)(H,16,17). The summed E-state index contributed by atoms with van der Waals surface area (Å²) in [5.74, 6) is 0.252. The highest BCUT2D eigenvalue weighted by atomic mass is 16.5. The number of amides is 2. The van der Waals surface area contributed by atoms with Gasteiger partial charge in [0, 0.05) is 24.9 Å². The Morgan fingerprint density at radius 2 is 2.10 bits per heavy atom. The van der Waals surface area contributed by atoms with Crippen LogP contribution in [0.5, 0.6) is 5.75 Å². The number of Topliss-reactive ketones (excluding diaryl/α,β-unsaturated/α-hetero) is 1. The van der Waals surface area contributed by atoms with Crippen LogP contribution >= 0.6 is 0 Å². The SMILES string of the molecule is CCC(=O)NCCC(=O)c1cc(OC)ccc1NC=O. The second-order valence-electron chi connectivity index (χ2n) is 4.05. The predicted octanol–water partition coefficient (Wildman–Crippen LogP) is 1.36. The second kappa shape index (κ2) is 7.93. The first-order chi connectivity index (χ1) is 9.62. The van der Waals surface area contributed by atoms with Gasteiger partial charge < -0.3 is 15.4 Å². The van der Waals surface area contributed by atoms with Crippen LogP contribution in [0.3, 0.4) is 0 Å². The molecule has 0 aromatic heterocycles.